The Bertz CT molecular complexity index is 962. The zero-order valence-corrected chi connectivity index (χ0v) is 14.7. The first-order chi connectivity index (χ1) is 12.6. The number of fused-ring (bicyclic) bond motifs is 1. The molecule has 1 saturated heterocycles. The number of aromatic nitrogens is 1. The summed E-state index contributed by atoms with van der Waals surface area (Å²) >= 11 is 0. The van der Waals surface area contributed by atoms with Crippen LogP contribution in [0.2, 0.25) is 0 Å². The molecule has 1 N–H and O–H groups in total. The van der Waals surface area contributed by atoms with Crippen molar-refractivity contribution in [2.24, 2.45) is 7.05 Å². The number of hydrogen-bond acceptors (Lipinski definition) is 2. The van der Waals surface area contributed by atoms with Gasteiger partial charge in [0.2, 0.25) is 11.8 Å². The van der Waals surface area contributed by atoms with Crippen molar-refractivity contribution in [1.82, 2.24) is 14.8 Å². The summed E-state index contributed by atoms with van der Waals surface area (Å²) in [6.45, 7) is 0.568. The van der Waals surface area contributed by atoms with Crippen molar-refractivity contribution >= 4 is 22.7 Å². The van der Waals surface area contributed by atoms with Crippen LogP contribution in [0.4, 0.5) is 0 Å². The van der Waals surface area contributed by atoms with Crippen LogP contribution in [0.3, 0.4) is 0 Å². The van der Waals surface area contributed by atoms with Gasteiger partial charge in [-0.3, -0.25) is 9.59 Å². The lowest BCUT2D eigenvalue weighted by molar-refractivity contribution is -0.144. The van der Waals surface area contributed by atoms with Gasteiger partial charge in [0.1, 0.15) is 6.04 Å². The molecule has 4 rings (SSSR count). The van der Waals surface area contributed by atoms with Crippen LogP contribution in [0.5, 0.6) is 0 Å². The summed E-state index contributed by atoms with van der Waals surface area (Å²) in [5.41, 5.74) is 3.22. The van der Waals surface area contributed by atoms with Crippen LogP contribution < -0.4 is 5.32 Å². The summed E-state index contributed by atoms with van der Waals surface area (Å²) in [6.07, 6.45) is 2.54. The molecule has 0 radical (unpaired) electrons. The van der Waals surface area contributed by atoms with Crippen LogP contribution in [0.25, 0.3) is 10.9 Å². The summed E-state index contributed by atoms with van der Waals surface area (Å²) in [5, 5.41) is 3.99. The quantitative estimate of drug-likeness (QED) is 0.787. The van der Waals surface area contributed by atoms with Gasteiger partial charge in [-0.1, -0.05) is 48.5 Å². The molecule has 0 saturated carbocycles. The summed E-state index contributed by atoms with van der Waals surface area (Å²) in [4.78, 5) is 26.7. The molecule has 2 amide bonds. The fraction of sp³-hybridized carbons (Fsp3) is 0.238. The predicted octanol–water partition coefficient (Wildman–Crippen LogP) is 2.25. The number of hydrogen-bond donors (Lipinski definition) is 1. The van der Waals surface area contributed by atoms with Crippen molar-refractivity contribution in [3.63, 3.8) is 0 Å². The maximum absolute atomic E-state index is 12.9. The Labute approximate surface area is 152 Å². The molecule has 0 unspecified atom stereocenters. The molecular formula is C21H21N3O2. The maximum Gasteiger partial charge on any atom is 0.246 e. The van der Waals surface area contributed by atoms with Gasteiger partial charge in [0.25, 0.3) is 0 Å². The minimum atomic E-state index is -0.522. The number of piperazine rings is 1. The Morgan fingerprint density at radius 2 is 1.77 bits per heavy atom. The number of nitrogens with zero attached hydrogens (tertiary/aromatic N) is 2. The second-order valence-corrected chi connectivity index (χ2v) is 6.79. The van der Waals surface area contributed by atoms with Gasteiger partial charge in [-0.25, -0.2) is 0 Å². The standard InChI is InChI=1S/C21H21N3O2/c1-23-13-16(17-9-5-6-10-19(17)23)11-18-21(26)24(14-20(25)22-18)12-15-7-3-2-4-8-15/h2-10,13,18H,11-12,14H2,1H3,(H,22,25)/t18-/m0/s1. The van der Waals surface area contributed by atoms with Crippen molar-refractivity contribution in [3.8, 4) is 0 Å². The molecule has 3 aromatic rings. The van der Waals surface area contributed by atoms with E-state index in [-0.39, 0.29) is 18.4 Å². The summed E-state index contributed by atoms with van der Waals surface area (Å²) in [7, 11) is 1.99. The van der Waals surface area contributed by atoms with Gasteiger partial charge < -0.3 is 14.8 Å². The summed E-state index contributed by atoms with van der Waals surface area (Å²) in [6, 6.07) is 17.4. The van der Waals surface area contributed by atoms with Gasteiger partial charge in [-0.05, 0) is 17.2 Å². The van der Waals surface area contributed by atoms with Crippen LogP contribution in [-0.2, 0) is 29.6 Å². The first-order valence-corrected chi connectivity index (χ1v) is 8.77. The molecule has 2 heterocycles. The zero-order valence-electron chi connectivity index (χ0n) is 14.7. The largest absolute Gasteiger partial charge is 0.350 e. The second-order valence-electron chi connectivity index (χ2n) is 6.79. The van der Waals surface area contributed by atoms with Crippen LogP contribution in [0.1, 0.15) is 11.1 Å². The van der Waals surface area contributed by atoms with E-state index in [1.54, 1.807) is 4.90 Å². The van der Waals surface area contributed by atoms with E-state index in [0.29, 0.717) is 13.0 Å². The topological polar surface area (TPSA) is 54.3 Å². The first kappa shape index (κ1) is 16.4. The summed E-state index contributed by atoms with van der Waals surface area (Å²) < 4.78 is 2.06. The van der Waals surface area contributed by atoms with Crippen molar-refractivity contribution in [3.05, 3.63) is 71.9 Å². The molecule has 0 spiro atoms. The molecular weight excluding hydrogens is 326 g/mol. The highest BCUT2D eigenvalue weighted by atomic mass is 16.2. The highest BCUT2D eigenvalue weighted by molar-refractivity contribution is 5.95. The fourth-order valence-corrected chi connectivity index (χ4v) is 3.66. The van der Waals surface area contributed by atoms with Crippen molar-refractivity contribution in [2.75, 3.05) is 6.54 Å². The molecule has 1 aliphatic heterocycles. The Hall–Kier alpha value is -3.08. The van der Waals surface area contributed by atoms with E-state index < -0.39 is 6.04 Å². The maximum atomic E-state index is 12.9. The van der Waals surface area contributed by atoms with E-state index in [2.05, 4.69) is 22.0 Å². The van der Waals surface area contributed by atoms with Gasteiger partial charge in [-0.15, -0.1) is 0 Å². The van der Waals surface area contributed by atoms with Crippen LogP contribution in [-0.4, -0.2) is 33.9 Å². The van der Waals surface area contributed by atoms with E-state index in [4.69, 9.17) is 0 Å². The van der Waals surface area contributed by atoms with E-state index in [0.717, 1.165) is 22.0 Å². The molecule has 5 heteroatoms. The van der Waals surface area contributed by atoms with Gasteiger partial charge in [0.05, 0.1) is 6.54 Å². The number of para-hydroxylation sites is 1. The van der Waals surface area contributed by atoms with Crippen LogP contribution >= 0.6 is 0 Å². The van der Waals surface area contributed by atoms with E-state index >= 15 is 0 Å². The predicted molar refractivity (Wildman–Crippen MR) is 100 cm³/mol. The lowest BCUT2D eigenvalue weighted by atomic mass is 10.0. The Morgan fingerprint density at radius 3 is 2.58 bits per heavy atom. The fourth-order valence-electron chi connectivity index (χ4n) is 3.66. The third kappa shape index (κ3) is 3.08. The summed E-state index contributed by atoms with van der Waals surface area (Å²) in [5.74, 6) is -0.132. The minimum Gasteiger partial charge on any atom is -0.350 e. The molecule has 1 fully saturated rings. The van der Waals surface area contributed by atoms with Gasteiger partial charge in [-0.2, -0.15) is 0 Å². The van der Waals surface area contributed by atoms with E-state index in [1.165, 1.54) is 0 Å². The zero-order chi connectivity index (χ0) is 18.1. The first-order valence-electron chi connectivity index (χ1n) is 8.77. The number of amides is 2. The average Bonchev–Trinajstić information content (AvgIpc) is 2.96. The molecule has 1 aliphatic rings. The monoisotopic (exact) mass is 347 g/mol. The van der Waals surface area contributed by atoms with Gasteiger partial charge >= 0.3 is 0 Å². The minimum absolute atomic E-state index is 0.0265. The number of carbonyl (C=O) groups is 2. The van der Waals surface area contributed by atoms with Crippen molar-refractivity contribution < 1.29 is 9.59 Å². The van der Waals surface area contributed by atoms with Crippen LogP contribution in [0.15, 0.2) is 60.8 Å². The molecule has 5 nitrogen and oxygen atoms in total. The molecule has 1 atom stereocenters. The Kier molecular flexibility index (Phi) is 4.21. The number of carbonyl (C=O) groups excluding carboxylic acids is 2. The lowest BCUT2D eigenvalue weighted by Crippen LogP contribution is -2.58. The number of nitrogens with one attached hydrogen (secondary N) is 1. The second kappa shape index (κ2) is 6.67. The molecule has 0 aliphatic carbocycles. The molecule has 132 valence electrons. The number of aryl methyl sites for hydroxylation is 1. The average molecular weight is 347 g/mol. The number of rotatable bonds is 4. The molecule has 1 aromatic heterocycles. The lowest BCUT2D eigenvalue weighted by Gasteiger charge is -2.32. The highest BCUT2D eigenvalue weighted by Crippen LogP contribution is 2.23. The third-order valence-corrected chi connectivity index (χ3v) is 4.90. The van der Waals surface area contributed by atoms with Crippen molar-refractivity contribution in [1.29, 1.82) is 0 Å². The molecule has 26 heavy (non-hydrogen) atoms. The van der Waals surface area contributed by atoms with Gasteiger partial charge in [0, 0.05) is 37.1 Å². The van der Waals surface area contributed by atoms with Crippen molar-refractivity contribution in [2.45, 2.75) is 19.0 Å². The Balaban J connectivity index is 1.57. The third-order valence-electron chi connectivity index (χ3n) is 4.90. The van der Waals surface area contributed by atoms with E-state index in [9.17, 15) is 9.59 Å². The smallest absolute Gasteiger partial charge is 0.246 e. The SMILES string of the molecule is Cn1cc(C[C@@H]2NC(=O)CN(Cc3ccccc3)C2=O)c2ccccc21. The molecule has 2 aromatic carbocycles. The van der Waals surface area contributed by atoms with Crippen LogP contribution in [0, 0.1) is 0 Å². The normalized spacial score (nSPS) is 17.6. The van der Waals surface area contributed by atoms with E-state index in [1.807, 2.05) is 55.7 Å². The number of benzene rings is 2. The van der Waals surface area contributed by atoms with Gasteiger partial charge in [0.15, 0.2) is 0 Å². The highest BCUT2D eigenvalue weighted by Gasteiger charge is 2.33. The molecule has 0 bridgehead atoms. The Morgan fingerprint density at radius 1 is 1.04 bits per heavy atom.